The Labute approximate surface area is 247 Å². The quantitative estimate of drug-likeness (QED) is 0.111. The largest absolute Gasteiger partial charge is 0.472 e. The van der Waals surface area contributed by atoms with Crippen LogP contribution in [0.2, 0.25) is 0 Å². The minimum Gasteiger partial charge on any atom is -0.382 e. The molecule has 0 aliphatic rings. The van der Waals surface area contributed by atoms with Gasteiger partial charge in [-0.25, -0.2) is 4.57 Å². The van der Waals surface area contributed by atoms with E-state index in [1.807, 2.05) is 45.0 Å². The first kappa shape index (κ1) is 35.4. The average Bonchev–Trinajstić information content (AvgIpc) is 3.36. The maximum absolute atomic E-state index is 12.9. The van der Waals surface area contributed by atoms with Crippen LogP contribution >= 0.6 is 7.82 Å². The van der Waals surface area contributed by atoms with E-state index in [-0.39, 0.29) is 56.6 Å². The molecule has 0 bridgehead atoms. The fourth-order valence-corrected chi connectivity index (χ4v) is 4.82. The second-order valence-electron chi connectivity index (χ2n) is 10.2. The van der Waals surface area contributed by atoms with E-state index < -0.39 is 25.8 Å². The zero-order valence-electron chi connectivity index (χ0n) is 25.0. The summed E-state index contributed by atoms with van der Waals surface area (Å²) < 4.78 is 33.0. The molecular formula is C28H45N4O9P. The van der Waals surface area contributed by atoms with Crippen LogP contribution in [0.25, 0.3) is 10.9 Å². The van der Waals surface area contributed by atoms with Gasteiger partial charge >= 0.3 is 7.82 Å². The van der Waals surface area contributed by atoms with Crippen LogP contribution in [0.4, 0.5) is 0 Å². The maximum atomic E-state index is 12.9. The van der Waals surface area contributed by atoms with Gasteiger partial charge in [-0.1, -0.05) is 38.5 Å². The van der Waals surface area contributed by atoms with Gasteiger partial charge in [-0.05, 0) is 30.9 Å². The van der Waals surface area contributed by atoms with E-state index in [0.717, 1.165) is 16.5 Å². The second-order valence-corrected chi connectivity index (χ2v) is 11.6. The normalized spacial score (nSPS) is 15.8. The van der Waals surface area contributed by atoms with Gasteiger partial charge in [0.25, 0.3) is 0 Å². The summed E-state index contributed by atoms with van der Waals surface area (Å²) >= 11 is 0. The van der Waals surface area contributed by atoms with Gasteiger partial charge in [0.1, 0.15) is 6.04 Å². The number of amides is 3. The Bertz CT molecular complexity index is 1190. The fraction of sp³-hybridized carbons (Fsp3) is 0.607. The molecular weight excluding hydrogens is 567 g/mol. The van der Waals surface area contributed by atoms with E-state index in [4.69, 9.17) is 18.5 Å². The van der Waals surface area contributed by atoms with E-state index in [0.29, 0.717) is 19.4 Å². The zero-order chi connectivity index (χ0) is 31.1. The molecule has 0 spiro atoms. The third-order valence-electron chi connectivity index (χ3n) is 6.73. The lowest BCUT2D eigenvalue weighted by molar-refractivity contribution is -0.130. The van der Waals surface area contributed by atoms with Crippen molar-refractivity contribution < 1.29 is 42.4 Å². The molecule has 1 heterocycles. The van der Waals surface area contributed by atoms with Crippen LogP contribution in [0, 0.1) is 5.92 Å². The van der Waals surface area contributed by atoms with E-state index in [1.54, 1.807) is 13.3 Å². The van der Waals surface area contributed by atoms with Crippen molar-refractivity contribution >= 4 is 36.4 Å². The van der Waals surface area contributed by atoms with Gasteiger partial charge in [-0.2, -0.15) is 0 Å². The number of nitrogens with one attached hydrogen (secondary N) is 4. The Morgan fingerprint density at radius 2 is 1.81 bits per heavy atom. The van der Waals surface area contributed by atoms with Crippen molar-refractivity contribution in [1.29, 1.82) is 0 Å². The number of H-pyrrole nitrogens is 1. The highest BCUT2D eigenvalue weighted by molar-refractivity contribution is 7.47. The summed E-state index contributed by atoms with van der Waals surface area (Å²) in [6, 6.07) is 6.18. The maximum Gasteiger partial charge on any atom is 0.472 e. The molecule has 42 heavy (non-hydrogen) atoms. The minimum atomic E-state index is -4.48. The number of carbonyl (C=O) groups is 3. The van der Waals surface area contributed by atoms with Gasteiger partial charge in [0.05, 0.1) is 38.4 Å². The summed E-state index contributed by atoms with van der Waals surface area (Å²) in [5, 5.41) is 9.01. The highest BCUT2D eigenvalue weighted by Gasteiger charge is 2.27. The Balaban J connectivity index is 1.80. The summed E-state index contributed by atoms with van der Waals surface area (Å²) in [5.74, 6) is -1.23. The number of phosphoric acid groups is 1. The van der Waals surface area contributed by atoms with Gasteiger partial charge in [0.2, 0.25) is 17.7 Å². The van der Waals surface area contributed by atoms with Crippen LogP contribution in [0.15, 0.2) is 30.5 Å². The van der Waals surface area contributed by atoms with Crippen molar-refractivity contribution in [3.05, 3.63) is 36.0 Å². The lowest BCUT2D eigenvalue weighted by Crippen LogP contribution is -2.51. The van der Waals surface area contributed by atoms with Gasteiger partial charge < -0.3 is 35.3 Å². The molecule has 0 radical (unpaired) electrons. The number of para-hydroxylation sites is 1. The molecule has 0 saturated heterocycles. The molecule has 0 saturated carbocycles. The van der Waals surface area contributed by atoms with Crippen LogP contribution < -0.4 is 16.0 Å². The highest BCUT2D eigenvalue weighted by atomic mass is 31.2. The summed E-state index contributed by atoms with van der Waals surface area (Å²) in [4.78, 5) is 50.4. The third-order valence-corrected chi connectivity index (χ3v) is 7.71. The van der Waals surface area contributed by atoms with E-state index in [2.05, 4.69) is 20.9 Å². The molecule has 5 atom stereocenters. The molecule has 14 heteroatoms. The van der Waals surface area contributed by atoms with Gasteiger partial charge in [0, 0.05) is 44.3 Å². The summed E-state index contributed by atoms with van der Waals surface area (Å²) in [6.07, 6.45) is 3.18. The van der Waals surface area contributed by atoms with Crippen LogP contribution in [-0.2, 0) is 43.9 Å². The molecule has 2 rings (SSSR count). The number of rotatable bonds is 20. The van der Waals surface area contributed by atoms with Crippen LogP contribution in [-0.4, -0.2) is 85.9 Å². The number of phosphoric ester groups is 1. The molecule has 2 aromatic rings. The smallest absolute Gasteiger partial charge is 0.382 e. The Morgan fingerprint density at radius 3 is 2.50 bits per heavy atom. The van der Waals surface area contributed by atoms with Crippen LogP contribution in [0.3, 0.4) is 0 Å². The van der Waals surface area contributed by atoms with Gasteiger partial charge in [-0.15, -0.1) is 0 Å². The number of ether oxygens (including phenoxy) is 2. The Morgan fingerprint density at radius 1 is 1.07 bits per heavy atom. The molecule has 2 unspecified atom stereocenters. The number of carbonyl (C=O) groups excluding carboxylic acids is 3. The van der Waals surface area contributed by atoms with Crippen LogP contribution in [0.5, 0.6) is 0 Å². The second kappa shape index (κ2) is 18.0. The van der Waals surface area contributed by atoms with Crippen molar-refractivity contribution in [2.75, 3.05) is 40.1 Å². The number of aromatic amines is 1. The van der Waals surface area contributed by atoms with Crippen molar-refractivity contribution in [2.45, 2.75) is 65.1 Å². The average molecular weight is 613 g/mol. The molecule has 0 fully saturated rings. The first-order valence-electron chi connectivity index (χ1n) is 14.1. The molecule has 1 aromatic heterocycles. The minimum absolute atomic E-state index is 0.00838. The fourth-order valence-electron chi connectivity index (χ4n) is 4.06. The summed E-state index contributed by atoms with van der Waals surface area (Å²) in [6.45, 7) is 6.70. The zero-order valence-corrected chi connectivity index (χ0v) is 25.9. The Hall–Kier alpha value is -2.80. The van der Waals surface area contributed by atoms with E-state index in [9.17, 15) is 23.8 Å². The molecule has 236 valence electrons. The predicted molar refractivity (Wildman–Crippen MR) is 158 cm³/mol. The first-order chi connectivity index (χ1) is 20.0. The highest BCUT2D eigenvalue weighted by Crippen LogP contribution is 2.42. The van der Waals surface area contributed by atoms with Crippen molar-refractivity contribution in [1.82, 2.24) is 20.9 Å². The van der Waals surface area contributed by atoms with Gasteiger partial charge in [0.15, 0.2) is 0 Å². The number of hydrogen-bond acceptors (Lipinski definition) is 8. The number of benzene rings is 1. The molecule has 0 aliphatic heterocycles. The topological polar surface area (TPSA) is 177 Å². The van der Waals surface area contributed by atoms with Crippen molar-refractivity contribution in [3.63, 3.8) is 0 Å². The number of hydrogen-bond donors (Lipinski definition) is 5. The third kappa shape index (κ3) is 12.6. The molecule has 1 aromatic carbocycles. The number of methoxy groups -OCH3 is 1. The number of aromatic nitrogens is 1. The molecule has 3 amide bonds. The Kier molecular flexibility index (Phi) is 15.2. The van der Waals surface area contributed by atoms with Crippen molar-refractivity contribution in [3.8, 4) is 0 Å². The lowest BCUT2D eigenvalue weighted by Gasteiger charge is -2.24. The molecule has 13 nitrogen and oxygen atoms in total. The predicted octanol–water partition coefficient (Wildman–Crippen LogP) is 2.44. The SMILES string of the molecule is CC[C@H](C)[C@H](NC(=O)Cc1c[nH]c2ccccc12)C(=O)NCCOP(=O)(O)OCC(COCC[C@@H](C)OC)NC(C)=O. The number of fused-ring (bicyclic) bond motifs is 1. The standard InChI is InChI=1S/C28H45N4O9P/c1-6-19(2)27(32-26(34)15-22-16-30-25-10-8-7-9-24(22)25)28(35)29-12-14-40-42(36,37)41-18-23(31-21(4)33)17-39-13-11-20(3)38-5/h7-10,16,19-20,23,27,30H,6,11-15,17-18H2,1-5H3,(H,29,35)(H,31,33)(H,32,34)(H,36,37)/t19-,20+,23?,27-/m0/s1. The monoisotopic (exact) mass is 612 g/mol. The van der Waals surface area contributed by atoms with Crippen LogP contribution in [0.1, 0.15) is 46.1 Å². The molecule has 5 N–H and O–H groups in total. The van der Waals surface area contributed by atoms with E-state index in [1.165, 1.54) is 6.92 Å². The molecule has 0 aliphatic carbocycles. The van der Waals surface area contributed by atoms with E-state index >= 15 is 0 Å². The first-order valence-corrected chi connectivity index (χ1v) is 15.6. The van der Waals surface area contributed by atoms with Gasteiger partial charge in [-0.3, -0.25) is 23.4 Å². The summed E-state index contributed by atoms with van der Waals surface area (Å²) in [7, 11) is -2.89. The summed E-state index contributed by atoms with van der Waals surface area (Å²) in [5.41, 5.74) is 1.75. The van der Waals surface area contributed by atoms with Crippen molar-refractivity contribution in [2.24, 2.45) is 5.92 Å². The lowest BCUT2D eigenvalue weighted by atomic mass is 9.98.